The molecular weight excluding hydrogens is 204 g/mol. The summed E-state index contributed by atoms with van der Waals surface area (Å²) in [5, 5.41) is 0. The lowest BCUT2D eigenvalue weighted by molar-refractivity contribution is -0.137. The van der Waals surface area contributed by atoms with Crippen molar-refractivity contribution in [2.24, 2.45) is 0 Å². The maximum Gasteiger partial charge on any atom is 0.413 e. The van der Waals surface area contributed by atoms with Crippen LogP contribution in [0.3, 0.4) is 0 Å². The Balaban J connectivity index is 2.53. The van der Waals surface area contributed by atoms with Crippen molar-refractivity contribution >= 4 is 18.3 Å². The summed E-state index contributed by atoms with van der Waals surface area (Å²) in [5.74, 6) is -0.664. The second-order valence-electron chi connectivity index (χ2n) is 3.25. The number of rotatable bonds is 4. The van der Waals surface area contributed by atoms with Crippen LogP contribution in [0.2, 0.25) is 0 Å². The van der Waals surface area contributed by atoms with Gasteiger partial charge in [0.15, 0.2) is 0 Å². The minimum atomic E-state index is -0.664. The van der Waals surface area contributed by atoms with Crippen LogP contribution in [0.1, 0.15) is 12.5 Å². The molecule has 0 aromatic heterocycles. The van der Waals surface area contributed by atoms with E-state index in [9.17, 15) is 4.79 Å². The number of esters is 1. The molecule has 0 atom stereocenters. The molecule has 1 aromatic carbocycles. The summed E-state index contributed by atoms with van der Waals surface area (Å²) in [7, 11) is 0. The van der Waals surface area contributed by atoms with Crippen molar-refractivity contribution in [1.82, 2.24) is 0 Å². The molecule has 0 unspecified atom stereocenters. The Bertz CT molecular complexity index is 432. The largest absolute Gasteiger partial charge is 0.453 e. The molecule has 0 spiro atoms. The van der Waals surface area contributed by atoms with Gasteiger partial charge in [0.25, 0.3) is 0 Å². The Labute approximate surface area is 93.8 Å². The molecule has 0 radical (unpaired) electrons. The van der Waals surface area contributed by atoms with Gasteiger partial charge < -0.3 is 10.3 Å². The van der Waals surface area contributed by atoms with Crippen LogP contribution < -0.4 is 0 Å². The highest BCUT2D eigenvalue weighted by Crippen LogP contribution is 2.06. The maximum atomic E-state index is 10.8. The first-order valence-corrected chi connectivity index (χ1v) is 4.79. The highest BCUT2D eigenvalue weighted by atomic mass is 16.5. The van der Waals surface area contributed by atoms with Crippen molar-refractivity contribution in [2.45, 2.75) is 6.92 Å². The van der Waals surface area contributed by atoms with Gasteiger partial charge in [0.1, 0.15) is 6.61 Å². The number of hydrogen-bond donors (Lipinski definition) is 0. The molecule has 1 rings (SSSR count). The Hall–Kier alpha value is -2.19. The molecule has 0 N–H and O–H groups in total. The molecule has 1 aromatic rings. The highest BCUT2D eigenvalue weighted by molar-refractivity contribution is 6.20. The first-order chi connectivity index (χ1) is 7.72. The van der Waals surface area contributed by atoms with E-state index in [1.165, 1.54) is 0 Å². The molecule has 0 saturated heterocycles. The van der Waals surface area contributed by atoms with E-state index in [-0.39, 0.29) is 6.61 Å². The number of ether oxygens (including phenoxy) is 1. The lowest BCUT2D eigenvalue weighted by Crippen LogP contribution is -2.07. The smallest absolute Gasteiger partial charge is 0.413 e. The Kier molecular flexibility index (Phi) is 4.70. The van der Waals surface area contributed by atoms with E-state index in [2.05, 4.69) is 4.79 Å². The molecule has 82 valence electrons. The van der Waals surface area contributed by atoms with E-state index in [0.29, 0.717) is 0 Å². The third-order valence-corrected chi connectivity index (χ3v) is 1.82. The zero-order valence-corrected chi connectivity index (χ0v) is 8.96. The zero-order chi connectivity index (χ0) is 11.8. The molecule has 16 heavy (non-hydrogen) atoms. The fourth-order valence-corrected chi connectivity index (χ4v) is 1.14. The molecular formula is C12H12N2O2. The molecule has 0 heterocycles. The molecule has 0 bridgehead atoms. The normalized spacial score (nSPS) is 10.4. The van der Waals surface area contributed by atoms with Crippen LogP contribution in [0.15, 0.2) is 35.9 Å². The summed E-state index contributed by atoms with van der Waals surface area (Å²) in [6, 6.07) is 9.72. The number of benzene rings is 1. The van der Waals surface area contributed by atoms with Gasteiger partial charge in [-0.1, -0.05) is 36.4 Å². The average Bonchev–Trinajstić information content (AvgIpc) is 2.28. The minimum absolute atomic E-state index is 0.180. The van der Waals surface area contributed by atoms with Gasteiger partial charge in [-0.2, -0.15) is 4.79 Å². The van der Waals surface area contributed by atoms with Gasteiger partial charge in [-0.15, -0.1) is 0 Å². The molecule has 4 heteroatoms. The summed E-state index contributed by atoms with van der Waals surface area (Å²) in [4.78, 5) is 13.4. The van der Waals surface area contributed by atoms with Crippen molar-refractivity contribution in [3.63, 3.8) is 0 Å². The maximum absolute atomic E-state index is 10.8. The summed E-state index contributed by atoms with van der Waals surface area (Å²) < 4.78 is 4.80. The summed E-state index contributed by atoms with van der Waals surface area (Å²) in [6.45, 7) is 2.04. The summed E-state index contributed by atoms with van der Waals surface area (Å²) in [6.07, 6.45) is 2.64. The van der Waals surface area contributed by atoms with Crippen molar-refractivity contribution in [2.75, 3.05) is 6.61 Å². The van der Waals surface area contributed by atoms with Crippen LogP contribution in [-0.4, -0.2) is 23.6 Å². The molecule has 0 aliphatic carbocycles. The SMILES string of the molecule is C/C(=C\c1ccccc1)COC(=O)C=[N+]=[N-]. The zero-order valence-electron chi connectivity index (χ0n) is 8.96. The Morgan fingerprint density at radius 1 is 1.44 bits per heavy atom. The predicted molar refractivity (Wildman–Crippen MR) is 60.7 cm³/mol. The van der Waals surface area contributed by atoms with Crippen LogP contribution in [0.5, 0.6) is 0 Å². The van der Waals surface area contributed by atoms with Crippen LogP contribution in [0.4, 0.5) is 0 Å². The average molecular weight is 216 g/mol. The first-order valence-electron chi connectivity index (χ1n) is 4.79. The summed E-state index contributed by atoms with van der Waals surface area (Å²) >= 11 is 0. The van der Waals surface area contributed by atoms with E-state index in [1.54, 1.807) is 0 Å². The van der Waals surface area contributed by atoms with Gasteiger partial charge in [-0.05, 0) is 18.1 Å². The van der Waals surface area contributed by atoms with E-state index in [0.717, 1.165) is 17.4 Å². The van der Waals surface area contributed by atoms with Crippen molar-refractivity contribution in [3.05, 3.63) is 47.0 Å². The van der Waals surface area contributed by atoms with Crippen LogP contribution in [0, 0.1) is 0 Å². The number of carbonyl (C=O) groups excluding carboxylic acids is 1. The molecule has 0 aliphatic heterocycles. The van der Waals surface area contributed by atoms with Crippen molar-refractivity contribution in [1.29, 1.82) is 0 Å². The first kappa shape index (κ1) is 11.9. The van der Waals surface area contributed by atoms with Crippen molar-refractivity contribution in [3.8, 4) is 0 Å². The molecule has 0 amide bonds. The Morgan fingerprint density at radius 2 is 2.12 bits per heavy atom. The fraction of sp³-hybridized carbons (Fsp3) is 0.167. The van der Waals surface area contributed by atoms with Gasteiger partial charge >= 0.3 is 12.2 Å². The fourth-order valence-electron chi connectivity index (χ4n) is 1.14. The minimum Gasteiger partial charge on any atom is -0.453 e. The number of carbonyl (C=O) groups is 1. The summed E-state index contributed by atoms with van der Waals surface area (Å²) in [5.41, 5.74) is 10.0. The Morgan fingerprint density at radius 3 is 2.75 bits per heavy atom. The van der Waals surface area contributed by atoms with Gasteiger partial charge in [-0.3, -0.25) is 0 Å². The quantitative estimate of drug-likeness (QED) is 0.334. The van der Waals surface area contributed by atoms with E-state index in [4.69, 9.17) is 10.3 Å². The lowest BCUT2D eigenvalue weighted by Gasteiger charge is -2.00. The topological polar surface area (TPSA) is 62.7 Å². The van der Waals surface area contributed by atoms with Crippen LogP contribution in [0.25, 0.3) is 11.6 Å². The lowest BCUT2D eigenvalue weighted by atomic mass is 10.1. The van der Waals surface area contributed by atoms with Crippen LogP contribution >= 0.6 is 0 Å². The number of nitrogens with zero attached hydrogens (tertiary/aromatic N) is 2. The van der Waals surface area contributed by atoms with E-state index >= 15 is 0 Å². The molecule has 4 nitrogen and oxygen atoms in total. The van der Waals surface area contributed by atoms with Gasteiger partial charge in [0, 0.05) is 0 Å². The molecule has 0 aliphatic rings. The van der Waals surface area contributed by atoms with Crippen LogP contribution in [-0.2, 0) is 9.53 Å². The number of hydrogen-bond acceptors (Lipinski definition) is 2. The van der Waals surface area contributed by atoms with Gasteiger partial charge in [-0.25, -0.2) is 4.79 Å². The van der Waals surface area contributed by atoms with E-state index < -0.39 is 5.97 Å². The third kappa shape index (κ3) is 4.35. The van der Waals surface area contributed by atoms with Gasteiger partial charge in [0.2, 0.25) is 0 Å². The molecule has 0 fully saturated rings. The van der Waals surface area contributed by atoms with Crippen molar-refractivity contribution < 1.29 is 14.3 Å². The monoisotopic (exact) mass is 216 g/mol. The standard InChI is InChI=1S/C12H12N2O2/c1-10(9-16-12(15)8-14-13)7-11-5-3-2-4-6-11/h2-8H,9H2,1H3/b10-7+. The second-order valence-corrected chi connectivity index (χ2v) is 3.25. The second kappa shape index (κ2) is 6.32. The van der Waals surface area contributed by atoms with E-state index in [1.807, 2.05) is 43.3 Å². The van der Waals surface area contributed by atoms with Gasteiger partial charge in [0.05, 0.1) is 0 Å². The predicted octanol–water partition coefficient (Wildman–Crippen LogP) is 1.93. The third-order valence-electron chi connectivity index (χ3n) is 1.82. The molecule has 0 saturated carbocycles. The highest BCUT2D eigenvalue weighted by Gasteiger charge is 2.02.